The summed E-state index contributed by atoms with van der Waals surface area (Å²) in [5.74, 6) is 0.458. The Hall–Kier alpha value is -3.79. The van der Waals surface area contributed by atoms with E-state index in [1.807, 2.05) is 37.3 Å². The smallest absolute Gasteiger partial charge is 0.411 e. The van der Waals surface area contributed by atoms with Gasteiger partial charge in [-0.1, -0.05) is 12.1 Å². The van der Waals surface area contributed by atoms with Crippen LogP contribution in [0.15, 0.2) is 66.1 Å². The van der Waals surface area contributed by atoms with E-state index in [4.69, 9.17) is 10.5 Å². The Morgan fingerprint density at radius 3 is 2.56 bits per heavy atom. The number of nitrogens with zero attached hydrogens (tertiary/aromatic N) is 3. The number of fused-ring (bicyclic) bond motifs is 1. The molecule has 9 nitrogen and oxygen atoms in total. The minimum absolute atomic E-state index is 0.0162. The number of benzene rings is 2. The predicted molar refractivity (Wildman–Crippen MR) is 151 cm³/mol. The highest BCUT2D eigenvalue weighted by molar-refractivity contribution is 7.91. The molecule has 0 aliphatic heterocycles. The summed E-state index contributed by atoms with van der Waals surface area (Å²) in [5, 5.41) is 3.65. The second kappa shape index (κ2) is 10.1. The summed E-state index contributed by atoms with van der Waals surface area (Å²) in [6, 6.07) is 13.0. The highest BCUT2D eigenvalue weighted by atomic mass is 32.2. The molecule has 39 heavy (non-hydrogen) atoms. The number of rotatable bonds is 9. The number of carbonyl (C=O) groups excluding carboxylic acids is 1. The molecule has 0 saturated heterocycles. The summed E-state index contributed by atoms with van der Waals surface area (Å²) < 4.78 is 35.9. The van der Waals surface area contributed by atoms with E-state index in [-0.39, 0.29) is 17.9 Å². The molecule has 2 heterocycles. The second-order valence-electron chi connectivity index (χ2n) is 10.7. The van der Waals surface area contributed by atoms with Gasteiger partial charge in [-0.2, -0.15) is 0 Å². The van der Waals surface area contributed by atoms with Gasteiger partial charge in [-0.25, -0.2) is 18.2 Å². The minimum Gasteiger partial charge on any atom is -0.446 e. The molecule has 2 aliphatic rings. The standard InChI is InChI=1S/C29H33N5O4S/c1-19(20-5-6-20)38-29(35)32-22-9-7-21(8-10-22)28-27(30)25-12-11-24(17-26(25)34(28)23-3-2-4-23)39(36,37)16-15-33-14-13-31-18-33/h7-14,17-20,23H,2-6,15-16,30H2,1H3,(H,32,35). The summed E-state index contributed by atoms with van der Waals surface area (Å²) in [4.78, 5) is 16.6. The number of nitrogen functional groups attached to an aromatic ring is 1. The van der Waals surface area contributed by atoms with Gasteiger partial charge in [-0.3, -0.25) is 5.32 Å². The summed E-state index contributed by atoms with van der Waals surface area (Å²) in [6.07, 6.45) is 9.84. The Kier molecular flexibility index (Phi) is 6.58. The summed E-state index contributed by atoms with van der Waals surface area (Å²) >= 11 is 0. The number of sulfone groups is 1. The topological polar surface area (TPSA) is 121 Å². The molecule has 0 spiro atoms. The molecule has 2 aromatic carbocycles. The molecular formula is C29H33N5O4S. The zero-order chi connectivity index (χ0) is 27.1. The van der Waals surface area contributed by atoms with Crippen molar-refractivity contribution in [1.29, 1.82) is 0 Å². The van der Waals surface area contributed by atoms with Crippen molar-refractivity contribution < 1.29 is 17.9 Å². The quantitative estimate of drug-likeness (QED) is 0.280. The van der Waals surface area contributed by atoms with Crippen LogP contribution in [0, 0.1) is 5.92 Å². The van der Waals surface area contributed by atoms with Gasteiger partial charge in [0.1, 0.15) is 6.10 Å². The van der Waals surface area contributed by atoms with Crippen LogP contribution in [-0.4, -0.2) is 40.5 Å². The number of aryl methyl sites for hydroxylation is 1. The number of hydrogen-bond donors (Lipinski definition) is 2. The van der Waals surface area contributed by atoms with Crippen LogP contribution in [0.4, 0.5) is 16.2 Å². The number of ether oxygens (including phenoxy) is 1. The normalized spacial score (nSPS) is 16.6. The van der Waals surface area contributed by atoms with Crippen LogP contribution in [0.1, 0.15) is 45.1 Å². The molecule has 3 N–H and O–H groups in total. The van der Waals surface area contributed by atoms with Crippen LogP contribution in [0.25, 0.3) is 22.2 Å². The zero-order valence-electron chi connectivity index (χ0n) is 21.9. The summed E-state index contributed by atoms with van der Waals surface area (Å²) in [5.41, 5.74) is 10.6. The molecular weight excluding hydrogens is 514 g/mol. The van der Waals surface area contributed by atoms with E-state index in [1.54, 1.807) is 35.4 Å². The van der Waals surface area contributed by atoms with E-state index in [1.165, 1.54) is 0 Å². The van der Waals surface area contributed by atoms with Crippen molar-refractivity contribution in [2.75, 3.05) is 16.8 Å². The van der Waals surface area contributed by atoms with Crippen molar-refractivity contribution in [2.45, 2.75) is 62.6 Å². The number of carbonyl (C=O) groups is 1. The molecule has 204 valence electrons. The highest BCUT2D eigenvalue weighted by Gasteiger charge is 2.31. The number of anilines is 2. The molecule has 10 heteroatoms. The average Bonchev–Trinajstić information content (AvgIpc) is 3.54. The monoisotopic (exact) mass is 547 g/mol. The first-order valence-corrected chi connectivity index (χ1v) is 15.2. The fourth-order valence-corrected chi connectivity index (χ4v) is 6.53. The molecule has 0 bridgehead atoms. The lowest BCUT2D eigenvalue weighted by atomic mass is 9.92. The fourth-order valence-electron chi connectivity index (χ4n) is 5.28. The summed E-state index contributed by atoms with van der Waals surface area (Å²) in [6.45, 7) is 2.27. The molecule has 1 unspecified atom stereocenters. The van der Waals surface area contributed by atoms with Crippen LogP contribution in [0.2, 0.25) is 0 Å². The Labute approximate surface area is 227 Å². The van der Waals surface area contributed by atoms with Crippen molar-refractivity contribution in [3.8, 4) is 11.3 Å². The van der Waals surface area contributed by atoms with E-state index >= 15 is 0 Å². The molecule has 1 atom stereocenters. The number of hydrogen-bond acceptors (Lipinski definition) is 6. The maximum Gasteiger partial charge on any atom is 0.411 e. The van der Waals surface area contributed by atoms with Gasteiger partial charge in [0.2, 0.25) is 0 Å². The number of nitrogens with one attached hydrogen (secondary N) is 1. The SMILES string of the molecule is CC(OC(=O)Nc1ccc(-c2c(N)c3ccc(S(=O)(=O)CCn4ccnc4)cc3n2C2CCC2)cc1)C1CC1. The van der Waals surface area contributed by atoms with Gasteiger partial charge >= 0.3 is 6.09 Å². The lowest BCUT2D eigenvalue weighted by Crippen LogP contribution is -2.21. The van der Waals surface area contributed by atoms with Gasteiger partial charge in [-0.15, -0.1) is 0 Å². The van der Waals surface area contributed by atoms with Gasteiger partial charge in [0, 0.05) is 41.6 Å². The van der Waals surface area contributed by atoms with Crippen molar-refractivity contribution in [1.82, 2.24) is 14.1 Å². The third-order valence-corrected chi connectivity index (χ3v) is 9.67. The van der Waals surface area contributed by atoms with Crippen molar-refractivity contribution in [3.05, 3.63) is 61.2 Å². The highest BCUT2D eigenvalue weighted by Crippen LogP contribution is 2.44. The number of imidazole rings is 1. The van der Waals surface area contributed by atoms with Crippen LogP contribution >= 0.6 is 0 Å². The predicted octanol–water partition coefficient (Wildman–Crippen LogP) is 5.63. The first-order chi connectivity index (χ1) is 18.8. The molecule has 1 amide bonds. The average molecular weight is 548 g/mol. The minimum atomic E-state index is -3.51. The van der Waals surface area contributed by atoms with Crippen molar-refractivity contribution >= 4 is 38.2 Å². The van der Waals surface area contributed by atoms with Gasteiger partial charge < -0.3 is 19.6 Å². The Bertz CT molecular complexity index is 1600. The Morgan fingerprint density at radius 2 is 1.92 bits per heavy atom. The molecule has 2 aromatic heterocycles. The molecule has 2 fully saturated rings. The lowest BCUT2D eigenvalue weighted by Gasteiger charge is -2.30. The molecule has 4 aromatic rings. The van der Waals surface area contributed by atoms with Gasteiger partial charge in [0.05, 0.1) is 33.9 Å². The molecule has 0 radical (unpaired) electrons. The Morgan fingerprint density at radius 1 is 1.15 bits per heavy atom. The Balaban J connectivity index is 1.30. The lowest BCUT2D eigenvalue weighted by molar-refractivity contribution is 0.108. The van der Waals surface area contributed by atoms with Gasteiger partial charge in [0.25, 0.3) is 0 Å². The van der Waals surface area contributed by atoms with E-state index in [2.05, 4.69) is 14.9 Å². The van der Waals surface area contributed by atoms with Crippen LogP contribution in [0.3, 0.4) is 0 Å². The zero-order valence-corrected chi connectivity index (χ0v) is 22.7. The number of aromatic nitrogens is 3. The summed E-state index contributed by atoms with van der Waals surface area (Å²) in [7, 11) is -3.51. The van der Waals surface area contributed by atoms with E-state index in [0.717, 1.165) is 54.3 Å². The van der Waals surface area contributed by atoms with Gasteiger partial charge in [-0.05, 0) is 75.3 Å². The molecule has 6 rings (SSSR count). The maximum absolute atomic E-state index is 13.2. The van der Waals surface area contributed by atoms with Crippen molar-refractivity contribution in [3.63, 3.8) is 0 Å². The van der Waals surface area contributed by atoms with Crippen LogP contribution < -0.4 is 11.1 Å². The van der Waals surface area contributed by atoms with Gasteiger partial charge in [0.15, 0.2) is 9.84 Å². The second-order valence-corrected chi connectivity index (χ2v) is 12.8. The number of amides is 1. The van der Waals surface area contributed by atoms with E-state index < -0.39 is 15.9 Å². The van der Waals surface area contributed by atoms with E-state index in [0.29, 0.717) is 28.7 Å². The first kappa shape index (κ1) is 25.5. The maximum atomic E-state index is 13.2. The van der Waals surface area contributed by atoms with Crippen molar-refractivity contribution in [2.24, 2.45) is 5.92 Å². The van der Waals surface area contributed by atoms with Crippen LogP contribution in [-0.2, 0) is 21.1 Å². The fraction of sp³-hybridized carbons (Fsp3) is 0.379. The molecule has 2 aliphatic carbocycles. The third kappa shape index (κ3) is 5.13. The van der Waals surface area contributed by atoms with E-state index in [9.17, 15) is 13.2 Å². The number of nitrogens with two attached hydrogens (primary N) is 1. The largest absolute Gasteiger partial charge is 0.446 e. The first-order valence-electron chi connectivity index (χ1n) is 13.5. The molecule has 2 saturated carbocycles. The van der Waals surface area contributed by atoms with Crippen LogP contribution in [0.5, 0.6) is 0 Å². The third-order valence-electron chi connectivity index (χ3n) is 7.97.